The van der Waals surface area contributed by atoms with Crippen molar-refractivity contribution in [2.45, 2.75) is 0 Å². The standard InChI is InChI=1S/C14H8N2/c1-15-14-6-4-12(5-7-14)2-3-13-8-10-16-11-9-13/h4-11H. The van der Waals surface area contributed by atoms with E-state index < -0.39 is 0 Å². The third-order valence-electron chi connectivity index (χ3n) is 2.03. The molecule has 0 unspecified atom stereocenters. The second kappa shape index (κ2) is 4.77. The Bertz CT molecular complexity index is 566. The van der Waals surface area contributed by atoms with E-state index in [9.17, 15) is 0 Å². The van der Waals surface area contributed by atoms with Crippen LogP contribution in [0.15, 0.2) is 48.8 Å². The minimum Gasteiger partial charge on any atom is -0.265 e. The lowest BCUT2D eigenvalue weighted by Crippen LogP contribution is -1.76. The Morgan fingerprint density at radius 1 is 0.875 bits per heavy atom. The summed E-state index contributed by atoms with van der Waals surface area (Å²) >= 11 is 0. The lowest BCUT2D eigenvalue weighted by Gasteiger charge is -1.90. The summed E-state index contributed by atoms with van der Waals surface area (Å²) < 4.78 is 0. The molecule has 0 aliphatic carbocycles. The molecular weight excluding hydrogens is 196 g/mol. The van der Waals surface area contributed by atoms with Crippen molar-refractivity contribution in [1.82, 2.24) is 4.98 Å². The van der Waals surface area contributed by atoms with Crippen molar-refractivity contribution in [2.75, 3.05) is 0 Å². The molecule has 0 bridgehead atoms. The molecule has 16 heavy (non-hydrogen) atoms. The molecular formula is C14H8N2. The Hall–Kier alpha value is -2.58. The predicted octanol–water partition coefficient (Wildman–Crippen LogP) is 3.03. The topological polar surface area (TPSA) is 17.2 Å². The molecule has 0 aliphatic rings. The van der Waals surface area contributed by atoms with Crippen molar-refractivity contribution in [2.24, 2.45) is 0 Å². The van der Waals surface area contributed by atoms with Crippen LogP contribution in [0.5, 0.6) is 0 Å². The highest BCUT2D eigenvalue weighted by atomic mass is 14.6. The molecule has 1 aromatic carbocycles. The van der Waals surface area contributed by atoms with Crippen LogP contribution in [0.2, 0.25) is 0 Å². The Kier molecular flexibility index (Phi) is 2.97. The molecule has 0 amide bonds. The lowest BCUT2D eigenvalue weighted by atomic mass is 10.2. The van der Waals surface area contributed by atoms with Crippen LogP contribution in [0.4, 0.5) is 5.69 Å². The van der Waals surface area contributed by atoms with Crippen LogP contribution in [-0.2, 0) is 0 Å². The highest BCUT2D eigenvalue weighted by molar-refractivity contribution is 5.50. The zero-order valence-corrected chi connectivity index (χ0v) is 8.51. The predicted molar refractivity (Wildman–Crippen MR) is 62.9 cm³/mol. The average Bonchev–Trinajstić information content (AvgIpc) is 2.38. The van der Waals surface area contributed by atoms with E-state index in [0.717, 1.165) is 11.1 Å². The maximum absolute atomic E-state index is 6.83. The molecule has 0 saturated carbocycles. The van der Waals surface area contributed by atoms with Crippen LogP contribution < -0.4 is 0 Å². The van der Waals surface area contributed by atoms with E-state index in [1.54, 1.807) is 24.5 Å². The molecule has 2 heteroatoms. The van der Waals surface area contributed by atoms with E-state index in [4.69, 9.17) is 6.57 Å². The number of aromatic nitrogens is 1. The summed E-state index contributed by atoms with van der Waals surface area (Å²) in [5, 5.41) is 0. The van der Waals surface area contributed by atoms with Gasteiger partial charge < -0.3 is 0 Å². The third kappa shape index (κ3) is 2.47. The molecule has 2 aromatic rings. The Labute approximate surface area is 94.4 Å². The lowest BCUT2D eigenvalue weighted by molar-refractivity contribution is 1.32. The van der Waals surface area contributed by atoms with E-state index in [2.05, 4.69) is 21.7 Å². The van der Waals surface area contributed by atoms with E-state index >= 15 is 0 Å². The number of nitrogens with zero attached hydrogens (tertiary/aromatic N) is 2. The van der Waals surface area contributed by atoms with Gasteiger partial charge in [0.2, 0.25) is 0 Å². The largest absolute Gasteiger partial charge is 0.265 e. The van der Waals surface area contributed by atoms with Gasteiger partial charge in [-0.3, -0.25) is 4.98 Å². The Balaban J connectivity index is 2.22. The molecule has 0 aliphatic heterocycles. The van der Waals surface area contributed by atoms with Gasteiger partial charge in [-0.2, -0.15) is 0 Å². The van der Waals surface area contributed by atoms with Gasteiger partial charge in [0.15, 0.2) is 5.69 Å². The summed E-state index contributed by atoms with van der Waals surface area (Å²) in [4.78, 5) is 7.25. The van der Waals surface area contributed by atoms with Gasteiger partial charge >= 0.3 is 0 Å². The van der Waals surface area contributed by atoms with Crippen molar-refractivity contribution in [1.29, 1.82) is 0 Å². The van der Waals surface area contributed by atoms with Gasteiger partial charge in [-0.15, -0.1) is 0 Å². The molecule has 2 nitrogen and oxygen atoms in total. The van der Waals surface area contributed by atoms with Gasteiger partial charge in [-0.05, 0) is 12.1 Å². The zero-order chi connectivity index (χ0) is 11.2. The SMILES string of the molecule is [C-]#[N+]c1ccc(C#Cc2ccncc2)cc1. The van der Waals surface area contributed by atoms with Gasteiger partial charge in [-0.25, -0.2) is 4.85 Å². The molecule has 0 radical (unpaired) electrons. The number of hydrogen-bond donors (Lipinski definition) is 0. The van der Waals surface area contributed by atoms with E-state index in [1.165, 1.54) is 0 Å². The first-order valence-corrected chi connectivity index (χ1v) is 4.78. The summed E-state index contributed by atoms with van der Waals surface area (Å²) in [5.74, 6) is 6.06. The van der Waals surface area contributed by atoms with Gasteiger partial charge in [0.05, 0.1) is 6.57 Å². The van der Waals surface area contributed by atoms with Crippen molar-refractivity contribution in [3.63, 3.8) is 0 Å². The van der Waals surface area contributed by atoms with Crippen molar-refractivity contribution >= 4 is 5.69 Å². The maximum Gasteiger partial charge on any atom is 0.187 e. The van der Waals surface area contributed by atoms with Gasteiger partial charge in [0.1, 0.15) is 0 Å². The van der Waals surface area contributed by atoms with Gasteiger partial charge in [-0.1, -0.05) is 36.1 Å². The number of rotatable bonds is 0. The fraction of sp³-hybridized carbons (Fsp3) is 0. The average molecular weight is 204 g/mol. The second-order valence-corrected chi connectivity index (χ2v) is 3.14. The van der Waals surface area contributed by atoms with Crippen molar-refractivity contribution in [3.8, 4) is 11.8 Å². The molecule has 1 aromatic heterocycles. The first-order chi connectivity index (χ1) is 7.88. The first kappa shape index (κ1) is 9.96. The van der Waals surface area contributed by atoms with E-state index in [1.807, 2.05) is 24.3 Å². The molecule has 1 heterocycles. The maximum atomic E-state index is 6.83. The summed E-state index contributed by atoms with van der Waals surface area (Å²) in [6.45, 7) is 6.83. The first-order valence-electron chi connectivity index (χ1n) is 4.78. The summed E-state index contributed by atoms with van der Waals surface area (Å²) in [5.41, 5.74) is 2.47. The van der Waals surface area contributed by atoms with E-state index in [-0.39, 0.29) is 0 Å². The number of hydrogen-bond acceptors (Lipinski definition) is 1. The second-order valence-electron chi connectivity index (χ2n) is 3.14. The molecule has 0 spiro atoms. The minimum atomic E-state index is 0.634. The molecule has 74 valence electrons. The molecule has 0 saturated heterocycles. The fourth-order valence-electron chi connectivity index (χ4n) is 1.20. The van der Waals surface area contributed by atoms with Gasteiger partial charge in [0, 0.05) is 23.5 Å². The normalized spacial score (nSPS) is 8.69. The smallest absolute Gasteiger partial charge is 0.187 e. The third-order valence-corrected chi connectivity index (χ3v) is 2.03. The Morgan fingerprint density at radius 2 is 1.44 bits per heavy atom. The van der Waals surface area contributed by atoms with Crippen LogP contribution in [0.3, 0.4) is 0 Å². The minimum absolute atomic E-state index is 0.634. The summed E-state index contributed by atoms with van der Waals surface area (Å²) in [6.07, 6.45) is 3.43. The summed E-state index contributed by atoms with van der Waals surface area (Å²) in [7, 11) is 0. The zero-order valence-electron chi connectivity index (χ0n) is 8.51. The van der Waals surface area contributed by atoms with Gasteiger partial charge in [0.25, 0.3) is 0 Å². The highest BCUT2D eigenvalue weighted by Gasteiger charge is 1.89. The molecule has 0 N–H and O–H groups in total. The van der Waals surface area contributed by atoms with Crippen LogP contribution in [0, 0.1) is 18.4 Å². The Morgan fingerprint density at radius 3 is 2.00 bits per heavy atom. The van der Waals surface area contributed by atoms with E-state index in [0.29, 0.717) is 5.69 Å². The number of benzene rings is 1. The van der Waals surface area contributed by atoms with Crippen LogP contribution >= 0.6 is 0 Å². The molecule has 0 fully saturated rings. The quantitative estimate of drug-likeness (QED) is 0.476. The van der Waals surface area contributed by atoms with Crippen LogP contribution in [0.25, 0.3) is 4.85 Å². The molecule has 0 atom stereocenters. The highest BCUT2D eigenvalue weighted by Crippen LogP contribution is 2.11. The molecule has 2 rings (SSSR count). The number of pyridine rings is 1. The van der Waals surface area contributed by atoms with Crippen LogP contribution in [-0.4, -0.2) is 4.98 Å². The fourth-order valence-corrected chi connectivity index (χ4v) is 1.20. The monoisotopic (exact) mass is 204 g/mol. The van der Waals surface area contributed by atoms with Crippen molar-refractivity contribution in [3.05, 3.63) is 71.3 Å². The summed E-state index contributed by atoms with van der Waals surface area (Å²) in [6, 6.07) is 11.0. The van der Waals surface area contributed by atoms with Crippen molar-refractivity contribution < 1.29 is 0 Å². The van der Waals surface area contributed by atoms with Crippen LogP contribution in [0.1, 0.15) is 11.1 Å².